The van der Waals surface area contributed by atoms with Crippen molar-refractivity contribution in [3.05, 3.63) is 70.8 Å². The van der Waals surface area contributed by atoms with Crippen molar-refractivity contribution in [3.63, 3.8) is 0 Å². The second kappa shape index (κ2) is 11.7. The highest BCUT2D eigenvalue weighted by Crippen LogP contribution is 2.23. The van der Waals surface area contributed by atoms with Crippen molar-refractivity contribution < 1.29 is 4.79 Å². The minimum absolute atomic E-state index is 0.142. The number of nitrogens with zero attached hydrogens (tertiary/aromatic N) is 2. The second-order valence-corrected chi connectivity index (χ2v) is 10.4. The summed E-state index contributed by atoms with van der Waals surface area (Å²) >= 11 is 0. The highest BCUT2D eigenvalue weighted by atomic mass is 16.2. The molecule has 3 nitrogen and oxygen atoms in total. The first-order valence-electron chi connectivity index (χ1n) is 12.6. The van der Waals surface area contributed by atoms with Crippen molar-refractivity contribution >= 4 is 5.91 Å². The van der Waals surface area contributed by atoms with E-state index in [1.807, 2.05) is 17.0 Å². The highest BCUT2D eigenvalue weighted by Gasteiger charge is 2.20. The predicted molar refractivity (Wildman–Crippen MR) is 135 cm³/mol. The van der Waals surface area contributed by atoms with E-state index in [0.29, 0.717) is 6.54 Å². The SMILES string of the molecule is CCCCCc1ccc(C(=O)N(CCN2CCCC2)Cc2ccc(C(C)(C)C)cc2)cc1. The van der Waals surface area contributed by atoms with Crippen LogP contribution < -0.4 is 0 Å². The topological polar surface area (TPSA) is 23.6 Å². The van der Waals surface area contributed by atoms with Crippen LogP contribution in [0.5, 0.6) is 0 Å². The van der Waals surface area contributed by atoms with Crippen molar-refractivity contribution in [2.75, 3.05) is 26.2 Å². The van der Waals surface area contributed by atoms with E-state index < -0.39 is 0 Å². The molecule has 0 radical (unpaired) electrons. The van der Waals surface area contributed by atoms with Gasteiger partial charge in [-0.2, -0.15) is 0 Å². The molecule has 2 aromatic carbocycles. The maximum absolute atomic E-state index is 13.5. The van der Waals surface area contributed by atoms with Crippen LogP contribution in [0.25, 0.3) is 0 Å². The minimum Gasteiger partial charge on any atom is -0.333 e. The molecule has 2 aromatic rings. The summed E-state index contributed by atoms with van der Waals surface area (Å²) in [6.07, 6.45) is 7.37. The molecule has 0 saturated carbocycles. The number of carbonyl (C=O) groups is 1. The molecule has 0 spiro atoms. The van der Waals surface area contributed by atoms with E-state index in [9.17, 15) is 4.79 Å². The van der Waals surface area contributed by atoms with Crippen molar-refractivity contribution in [1.82, 2.24) is 9.80 Å². The Balaban J connectivity index is 1.70. The molecule has 1 fully saturated rings. The normalized spacial score (nSPS) is 14.6. The molecule has 32 heavy (non-hydrogen) atoms. The zero-order valence-corrected chi connectivity index (χ0v) is 20.7. The average Bonchev–Trinajstić information content (AvgIpc) is 3.30. The van der Waals surface area contributed by atoms with Crippen LogP contribution in [0, 0.1) is 0 Å². The van der Waals surface area contributed by atoms with Crippen LogP contribution in [0.4, 0.5) is 0 Å². The van der Waals surface area contributed by atoms with Crippen LogP contribution in [0.3, 0.4) is 0 Å². The van der Waals surface area contributed by atoms with E-state index in [0.717, 1.165) is 38.2 Å². The van der Waals surface area contributed by atoms with Crippen molar-refractivity contribution in [1.29, 1.82) is 0 Å². The largest absolute Gasteiger partial charge is 0.333 e. The predicted octanol–water partition coefficient (Wildman–Crippen LogP) is 6.46. The quantitative estimate of drug-likeness (QED) is 0.401. The molecule has 1 aliphatic rings. The number of likely N-dealkylation sites (tertiary alicyclic amines) is 1. The molecule has 1 saturated heterocycles. The molecule has 1 heterocycles. The van der Waals surface area contributed by atoms with E-state index in [2.05, 4.69) is 69.0 Å². The molecule has 0 aliphatic carbocycles. The Morgan fingerprint density at radius 1 is 0.906 bits per heavy atom. The third-order valence-corrected chi connectivity index (χ3v) is 6.64. The number of unbranched alkanes of at least 4 members (excludes halogenated alkanes) is 2. The molecule has 0 aromatic heterocycles. The lowest BCUT2D eigenvalue weighted by Crippen LogP contribution is -2.37. The maximum atomic E-state index is 13.5. The molecule has 174 valence electrons. The van der Waals surface area contributed by atoms with E-state index in [1.165, 1.54) is 48.8 Å². The third-order valence-electron chi connectivity index (χ3n) is 6.64. The first-order chi connectivity index (χ1) is 15.4. The van der Waals surface area contributed by atoms with Crippen molar-refractivity contribution in [2.45, 2.75) is 78.2 Å². The van der Waals surface area contributed by atoms with Gasteiger partial charge in [-0.25, -0.2) is 0 Å². The number of aryl methyl sites for hydroxylation is 1. The van der Waals surface area contributed by atoms with Crippen LogP contribution in [-0.2, 0) is 18.4 Å². The lowest BCUT2D eigenvalue weighted by atomic mass is 9.87. The lowest BCUT2D eigenvalue weighted by molar-refractivity contribution is 0.0727. The summed E-state index contributed by atoms with van der Waals surface area (Å²) in [5, 5.41) is 0. The summed E-state index contributed by atoms with van der Waals surface area (Å²) in [4.78, 5) is 18.0. The van der Waals surface area contributed by atoms with Gasteiger partial charge >= 0.3 is 0 Å². The van der Waals surface area contributed by atoms with Gasteiger partial charge in [0.2, 0.25) is 0 Å². The standard InChI is InChI=1S/C29H42N2O/c1-5-6-7-10-24-11-15-26(16-12-24)28(32)31(22-21-30-19-8-9-20-30)23-25-13-17-27(18-14-25)29(2,3)4/h11-18H,5-10,19-23H2,1-4H3. The van der Waals surface area contributed by atoms with E-state index in [4.69, 9.17) is 0 Å². The Hall–Kier alpha value is -2.13. The van der Waals surface area contributed by atoms with E-state index in [-0.39, 0.29) is 11.3 Å². The second-order valence-electron chi connectivity index (χ2n) is 10.4. The summed E-state index contributed by atoms with van der Waals surface area (Å²) in [7, 11) is 0. The smallest absolute Gasteiger partial charge is 0.254 e. The fourth-order valence-electron chi connectivity index (χ4n) is 4.43. The molecular formula is C29H42N2O. The highest BCUT2D eigenvalue weighted by molar-refractivity contribution is 5.94. The third kappa shape index (κ3) is 7.20. The first kappa shape index (κ1) is 24.5. The van der Waals surface area contributed by atoms with Gasteiger partial charge in [-0.3, -0.25) is 4.79 Å². The molecule has 0 atom stereocenters. The zero-order valence-electron chi connectivity index (χ0n) is 20.7. The zero-order chi connectivity index (χ0) is 23.0. The van der Waals surface area contributed by atoms with Crippen molar-refractivity contribution in [3.8, 4) is 0 Å². The number of hydrogen-bond acceptors (Lipinski definition) is 2. The van der Waals surface area contributed by atoms with Gasteiger partial charge in [0.15, 0.2) is 0 Å². The first-order valence-corrected chi connectivity index (χ1v) is 12.6. The van der Waals surface area contributed by atoms with Gasteiger partial charge in [0.25, 0.3) is 5.91 Å². The Morgan fingerprint density at radius 3 is 2.12 bits per heavy atom. The summed E-state index contributed by atoms with van der Waals surface area (Å²) in [6.45, 7) is 13.7. The monoisotopic (exact) mass is 434 g/mol. The lowest BCUT2D eigenvalue weighted by Gasteiger charge is -2.26. The number of amides is 1. The fourth-order valence-corrected chi connectivity index (χ4v) is 4.43. The summed E-state index contributed by atoms with van der Waals surface area (Å²) < 4.78 is 0. The molecule has 3 rings (SSSR count). The number of benzene rings is 2. The van der Waals surface area contributed by atoms with Gasteiger partial charge in [-0.1, -0.05) is 76.9 Å². The van der Waals surface area contributed by atoms with Crippen LogP contribution in [0.15, 0.2) is 48.5 Å². The molecule has 3 heteroatoms. The minimum atomic E-state index is 0.142. The van der Waals surface area contributed by atoms with Gasteiger partial charge in [0.1, 0.15) is 0 Å². The Morgan fingerprint density at radius 2 is 1.53 bits per heavy atom. The summed E-state index contributed by atoms with van der Waals surface area (Å²) in [6, 6.07) is 17.1. The Kier molecular flexibility index (Phi) is 8.92. The molecule has 1 aliphatic heterocycles. The van der Waals surface area contributed by atoms with Crippen LogP contribution >= 0.6 is 0 Å². The fraction of sp³-hybridized carbons (Fsp3) is 0.552. The van der Waals surface area contributed by atoms with E-state index >= 15 is 0 Å². The number of carbonyl (C=O) groups excluding carboxylic acids is 1. The van der Waals surface area contributed by atoms with Gasteiger partial charge in [-0.15, -0.1) is 0 Å². The number of rotatable bonds is 10. The Labute approximate surface area is 195 Å². The van der Waals surface area contributed by atoms with Crippen LogP contribution in [0.2, 0.25) is 0 Å². The van der Waals surface area contributed by atoms with Gasteiger partial charge in [0.05, 0.1) is 0 Å². The van der Waals surface area contributed by atoms with Gasteiger partial charge < -0.3 is 9.80 Å². The average molecular weight is 435 g/mol. The van der Waals surface area contributed by atoms with E-state index in [1.54, 1.807) is 0 Å². The summed E-state index contributed by atoms with van der Waals surface area (Å²) in [5.74, 6) is 0.143. The molecule has 0 bridgehead atoms. The van der Waals surface area contributed by atoms with Crippen molar-refractivity contribution in [2.24, 2.45) is 0 Å². The molecular weight excluding hydrogens is 392 g/mol. The van der Waals surface area contributed by atoms with Gasteiger partial charge in [0, 0.05) is 25.2 Å². The molecule has 1 amide bonds. The molecule has 0 unspecified atom stereocenters. The molecule has 0 N–H and O–H groups in total. The van der Waals surface area contributed by atoms with Gasteiger partial charge in [-0.05, 0) is 73.0 Å². The van der Waals surface area contributed by atoms with Crippen LogP contribution in [-0.4, -0.2) is 41.9 Å². The van der Waals surface area contributed by atoms with Crippen LogP contribution in [0.1, 0.15) is 86.8 Å². The Bertz CT molecular complexity index is 827. The number of hydrogen-bond donors (Lipinski definition) is 0. The summed E-state index contributed by atoms with van der Waals surface area (Å²) in [5.41, 5.74) is 4.80. The maximum Gasteiger partial charge on any atom is 0.254 e.